The van der Waals surface area contributed by atoms with Crippen molar-refractivity contribution in [3.8, 4) is 23.0 Å². The SMILES string of the molecule is CC[C@H](NC(=O)NC1CCCN(Cc2cccs2)C1=O)c1ccc2c(c1)OCO2.O=C(O)C[C@H](NC(=O)NC1CCCN(Cc2cccs2)C1=O)c1ccc2c(c1)OCO2. The molecule has 6 amide bonds. The summed E-state index contributed by atoms with van der Waals surface area (Å²) in [5.41, 5.74) is 1.53. The molecule has 2 aromatic carbocycles. The third kappa shape index (κ3) is 10.8. The van der Waals surface area contributed by atoms with E-state index in [1.54, 1.807) is 45.8 Å². The van der Waals surface area contributed by atoms with Gasteiger partial charge in [-0.15, -0.1) is 22.7 Å². The number of benzene rings is 2. The molecule has 2 aromatic heterocycles. The van der Waals surface area contributed by atoms with E-state index in [0.717, 1.165) is 41.1 Å². The second-order valence-corrected chi connectivity index (χ2v) is 16.7. The summed E-state index contributed by atoms with van der Waals surface area (Å²) in [4.78, 5) is 68.0. The molecule has 8 rings (SSSR count). The quantitative estimate of drug-likeness (QED) is 0.108. The number of aliphatic carboxylic acids is 1. The Bertz CT molecular complexity index is 2130. The predicted octanol–water partition coefficient (Wildman–Crippen LogP) is 5.90. The molecule has 0 aliphatic carbocycles. The van der Waals surface area contributed by atoms with Crippen LogP contribution >= 0.6 is 22.7 Å². The zero-order valence-corrected chi connectivity index (χ0v) is 34.7. The smallest absolute Gasteiger partial charge is 0.315 e. The number of carboxylic acid groups (broad SMARTS) is 1. The van der Waals surface area contributed by atoms with Gasteiger partial charge in [-0.05, 0) is 90.4 Å². The number of amides is 6. The largest absolute Gasteiger partial charge is 0.481 e. The van der Waals surface area contributed by atoms with E-state index in [-0.39, 0.29) is 43.9 Å². The number of fused-ring (bicyclic) bond motifs is 2. The Hall–Kier alpha value is -6.01. The van der Waals surface area contributed by atoms with Gasteiger partial charge in [-0.2, -0.15) is 0 Å². The van der Waals surface area contributed by atoms with Gasteiger partial charge in [0.2, 0.25) is 25.4 Å². The molecule has 4 aliphatic rings. The van der Waals surface area contributed by atoms with Gasteiger partial charge in [0.1, 0.15) is 12.1 Å². The molecule has 0 bridgehead atoms. The Morgan fingerprint density at radius 3 is 1.62 bits per heavy atom. The summed E-state index contributed by atoms with van der Waals surface area (Å²) >= 11 is 3.22. The lowest BCUT2D eigenvalue weighted by atomic mass is 10.0. The van der Waals surface area contributed by atoms with E-state index in [0.29, 0.717) is 61.0 Å². The van der Waals surface area contributed by atoms with Crippen molar-refractivity contribution in [3.63, 3.8) is 0 Å². The third-order valence-corrected chi connectivity index (χ3v) is 12.2. The Kier molecular flexibility index (Phi) is 13.9. The molecule has 5 N–H and O–H groups in total. The van der Waals surface area contributed by atoms with E-state index in [9.17, 15) is 29.1 Å². The van der Waals surface area contributed by atoms with Crippen molar-refractivity contribution in [1.82, 2.24) is 31.1 Å². The Morgan fingerprint density at radius 2 is 1.17 bits per heavy atom. The van der Waals surface area contributed by atoms with E-state index >= 15 is 0 Å². The number of likely N-dealkylation sites (tertiary alicyclic amines) is 2. The number of hydrogen-bond acceptors (Lipinski definition) is 11. The molecule has 60 heavy (non-hydrogen) atoms. The standard InChI is InChI=1S/C21H23N3O6S.C21H25N3O4S/c25-19(26)10-16(13-5-6-17-18(9-13)30-12-29-17)23-21(28)22-15-4-1-7-24(20(15)27)11-14-3-2-8-31-14;1-2-16(14-7-8-18-19(11-14)28-13-27-18)22-21(26)23-17-6-3-9-24(20(17)25)12-15-5-4-10-29-15/h2-3,5-6,8-9,15-16H,1,4,7,10-12H2,(H,25,26)(H2,22,23,28);4-5,7-8,10-11,16-17H,2-3,6,9,12-13H2,1H3,(H2,22,23,26)/t15?,16-;16-,17?/m00/s1. The zero-order chi connectivity index (χ0) is 42.0. The summed E-state index contributed by atoms with van der Waals surface area (Å²) in [6, 6.07) is 15.6. The lowest BCUT2D eigenvalue weighted by Crippen LogP contribution is -2.54. The van der Waals surface area contributed by atoms with Gasteiger partial charge in [-0.3, -0.25) is 14.4 Å². The summed E-state index contributed by atoms with van der Waals surface area (Å²) in [5, 5.41) is 24.5. The number of carbonyl (C=O) groups is 5. The minimum Gasteiger partial charge on any atom is -0.481 e. The van der Waals surface area contributed by atoms with Crippen molar-refractivity contribution in [1.29, 1.82) is 0 Å². The first-order chi connectivity index (χ1) is 29.1. The van der Waals surface area contributed by atoms with Crippen molar-refractivity contribution in [2.75, 3.05) is 26.7 Å². The van der Waals surface area contributed by atoms with Crippen LogP contribution in [-0.4, -0.2) is 83.5 Å². The number of carboxylic acids is 1. The van der Waals surface area contributed by atoms with Crippen molar-refractivity contribution < 1.29 is 48.0 Å². The van der Waals surface area contributed by atoms with Crippen LogP contribution in [0.25, 0.3) is 0 Å². The van der Waals surface area contributed by atoms with Gasteiger partial charge in [0.25, 0.3) is 0 Å². The molecule has 0 saturated carbocycles. The maximum absolute atomic E-state index is 12.8. The van der Waals surface area contributed by atoms with Crippen LogP contribution in [0.1, 0.15) is 78.4 Å². The average molecular weight is 861 g/mol. The van der Waals surface area contributed by atoms with Crippen LogP contribution in [0.4, 0.5) is 9.59 Å². The summed E-state index contributed by atoms with van der Waals surface area (Å²) in [6.45, 7) is 4.82. The minimum atomic E-state index is -1.06. The summed E-state index contributed by atoms with van der Waals surface area (Å²) in [5.74, 6) is 1.27. The van der Waals surface area contributed by atoms with Crippen LogP contribution in [0.15, 0.2) is 71.4 Å². The van der Waals surface area contributed by atoms with E-state index in [1.165, 1.54) is 0 Å². The van der Waals surface area contributed by atoms with Gasteiger partial charge in [0.15, 0.2) is 23.0 Å². The molecule has 0 spiro atoms. The molecule has 16 nitrogen and oxygen atoms in total. The summed E-state index contributed by atoms with van der Waals surface area (Å²) < 4.78 is 21.4. The van der Waals surface area contributed by atoms with Crippen molar-refractivity contribution in [2.45, 2.75) is 82.7 Å². The summed E-state index contributed by atoms with van der Waals surface area (Å²) in [7, 11) is 0. The maximum Gasteiger partial charge on any atom is 0.315 e. The average Bonchev–Trinajstić information content (AvgIpc) is 4.09. The van der Waals surface area contributed by atoms with Crippen molar-refractivity contribution in [3.05, 3.63) is 92.3 Å². The molecule has 0 radical (unpaired) electrons. The highest BCUT2D eigenvalue weighted by atomic mass is 32.1. The highest BCUT2D eigenvalue weighted by Gasteiger charge is 2.32. The van der Waals surface area contributed by atoms with E-state index in [4.69, 9.17) is 18.9 Å². The number of thiophene rings is 2. The van der Waals surface area contributed by atoms with Crippen LogP contribution in [0.3, 0.4) is 0 Å². The van der Waals surface area contributed by atoms with Crippen LogP contribution < -0.4 is 40.2 Å². The number of nitrogens with zero attached hydrogens (tertiary/aromatic N) is 2. The second-order valence-electron chi connectivity index (χ2n) is 14.6. The lowest BCUT2D eigenvalue weighted by Gasteiger charge is -2.32. The Balaban J connectivity index is 0.000000182. The van der Waals surface area contributed by atoms with Gasteiger partial charge >= 0.3 is 18.0 Å². The number of piperidine rings is 2. The number of rotatable bonds is 13. The Labute approximate surface area is 355 Å². The van der Waals surface area contributed by atoms with Gasteiger partial charge < -0.3 is 55.1 Å². The van der Waals surface area contributed by atoms with Gasteiger partial charge in [0, 0.05) is 22.8 Å². The van der Waals surface area contributed by atoms with Gasteiger partial charge in [-0.1, -0.05) is 31.2 Å². The monoisotopic (exact) mass is 860 g/mol. The highest BCUT2D eigenvalue weighted by molar-refractivity contribution is 7.10. The normalized spacial score (nSPS) is 18.8. The van der Waals surface area contributed by atoms with E-state index in [2.05, 4.69) is 21.3 Å². The highest BCUT2D eigenvalue weighted by Crippen LogP contribution is 2.36. The maximum atomic E-state index is 12.8. The van der Waals surface area contributed by atoms with Gasteiger partial charge in [-0.25, -0.2) is 9.59 Å². The molecule has 2 fully saturated rings. The molecule has 318 valence electrons. The predicted molar refractivity (Wildman–Crippen MR) is 222 cm³/mol. The topological polar surface area (TPSA) is 197 Å². The molecule has 4 aliphatic heterocycles. The van der Waals surface area contributed by atoms with Crippen LogP contribution in [0.5, 0.6) is 23.0 Å². The molecular weight excluding hydrogens is 813 g/mol. The van der Waals surface area contributed by atoms with Crippen molar-refractivity contribution >= 4 is 52.5 Å². The number of carbonyl (C=O) groups excluding carboxylic acids is 4. The van der Waals surface area contributed by atoms with Gasteiger partial charge in [0.05, 0.1) is 31.6 Å². The number of hydrogen-bond donors (Lipinski definition) is 5. The van der Waals surface area contributed by atoms with Crippen molar-refractivity contribution in [2.24, 2.45) is 0 Å². The fourth-order valence-corrected chi connectivity index (χ4v) is 8.91. The number of ether oxygens (including phenoxy) is 4. The minimum absolute atomic E-state index is 0.0177. The first-order valence-electron chi connectivity index (χ1n) is 19.9. The third-order valence-electron chi connectivity index (χ3n) is 10.5. The molecule has 6 heterocycles. The number of nitrogens with one attached hydrogen (secondary N) is 4. The van der Waals surface area contributed by atoms with E-state index < -0.39 is 30.1 Å². The van der Waals surface area contributed by atoms with Crippen LogP contribution in [0.2, 0.25) is 0 Å². The fourth-order valence-electron chi connectivity index (χ4n) is 7.47. The summed E-state index contributed by atoms with van der Waals surface area (Å²) in [6.07, 6.45) is 3.27. The van der Waals surface area contributed by atoms with Crippen LogP contribution in [-0.2, 0) is 27.5 Å². The molecular formula is C42H48N6O10S2. The second kappa shape index (κ2) is 19.8. The molecule has 2 saturated heterocycles. The molecule has 4 aromatic rings. The van der Waals surface area contributed by atoms with Crippen LogP contribution in [0, 0.1) is 0 Å². The Morgan fingerprint density at radius 1 is 0.700 bits per heavy atom. The molecule has 2 unspecified atom stereocenters. The first kappa shape index (κ1) is 42.1. The molecule has 4 atom stereocenters. The zero-order valence-electron chi connectivity index (χ0n) is 33.1. The fraction of sp³-hybridized carbons (Fsp3) is 0.405. The van der Waals surface area contributed by atoms with E-state index in [1.807, 2.05) is 65.0 Å². The molecule has 18 heteroatoms. The number of urea groups is 2. The first-order valence-corrected chi connectivity index (χ1v) is 21.7. The lowest BCUT2D eigenvalue weighted by molar-refractivity contribution is -0.138.